The molecule has 5 nitrogen and oxygen atoms in total. The van der Waals surface area contributed by atoms with Crippen molar-refractivity contribution in [1.82, 2.24) is 0 Å². The molecule has 2 aromatic rings. The van der Waals surface area contributed by atoms with Crippen LogP contribution < -0.4 is 9.47 Å². The third-order valence-corrected chi connectivity index (χ3v) is 4.93. The number of rotatable bonds is 4. The lowest BCUT2D eigenvalue weighted by molar-refractivity contribution is -0.157. The van der Waals surface area contributed by atoms with Crippen molar-refractivity contribution in [1.29, 1.82) is 0 Å². The number of Topliss-reactive ketones (excluding diaryl/α,β-unsaturated/α-hetero) is 1. The molecule has 1 aliphatic rings. The first-order valence-corrected chi connectivity index (χ1v) is 9.50. The van der Waals surface area contributed by atoms with Crippen LogP contribution in [0.3, 0.4) is 0 Å². The van der Waals surface area contributed by atoms with Gasteiger partial charge in [0.15, 0.2) is 12.4 Å². The number of hydrogen-bond acceptors (Lipinski definition) is 6. The van der Waals surface area contributed by atoms with Gasteiger partial charge in [0, 0.05) is 16.5 Å². The largest absolute Gasteiger partial charge is 0.481 e. The van der Waals surface area contributed by atoms with Crippen molar-refractivity contribution in [2.24, 2.45) is 0 Å². The molecule has 142 valence electrons. The molecule has 0 amide bonds. The van der Waals surface area contributed by atoms with Gasteiger partial charge in [0.05, 0.1) is 5.56 Å². The molecule has 0 spiro atoms. The zero-order valence-corrected chi connectivity index (χ0v) is 16.9. The number of ketones is 1. The van der Waals surface area contributed by atoms with Gasteiger partial charge in [-0.05, 0) is 63.8 Å². The number of allylic oxidation sites excluding steroid dienone is 1. The average Bonchev–Trinajstić information content (AvgIpc) is 3.11. The molecule has 1 aromatic heterocycles. The number of carbonyl (C=O) groups is 2. The molecule has 0 bridgehead atoms. The van der Waals surface area contributed by atoms with E-state index in [2.05, 4.69) is 0 Å². The van der Waals surface area contributed by atoms with Crippen LogP contribution in [0.5, 0.6) is 11.5 Å². The zero-order valence-electron chi connectivity index (χ0n) is 16.0. The van der Waals surface area contributed by atoms with Crippen molar-refractivity contribution < 1.29 is 23.8 Å². The van der Waals surface area contributed by atoms with Gasteiger partial charge < -0.3 is 14.2 Å². The lowest BCUT2D eigenvalue weighted by Crippen LogP contribution is -2.27. The van der Waals surface area contributed by atoms with Crippen LogP contribution in [0, 0.1) is 13.8 Å². The predicted octanol–water partition coefficient (Wildman–Crippen LogP) is 4.70. The Morgan fingerprint density at radius 1 is 1.22 bits per heavy atom. The van der Waals surface area contributed by atoms with E-state index in [1.807, 2.05) is 18.4 Å². The summed E-state index contributed by atoms with van der Waals surface area (Å²) in [5.74, 6) is 0.652. The SMILES string of the molecule is Cc1ccsc1/C=C1\Oc2c(ccc(OCC(=O)OC(C)(C)C)c2C)C1=O. The topological polar surface area (TPSA) is 61.8 Å². The Hall–Kier alpha value is -2.60. The minimum atomic E-state index is -0.567. The summed E-state index contributed by atoms with van der Waals surface area (Å²) in [6, 6.07) is 5.34. The first-order chi connectivity index (χ1) is 12.7. The fourth-order valence-electron chi connectivity index (χ4n) is 2.68. The molecule has 0 saturated carbocycles. The highest BCUT2D eigenvalue weighted by atomic mass is 32.1. The molecule has 0 radical (unpaired) electrons. The fourth-order valence-corrected chi connectivity index (χ4v) is 3.53. The summed E-state index contributed by atoms with van der Waals surface area (Å²) in [7, 11) is 0. The van der Waals surface area contributed by atoms with Crippen LogP contribution in [0.15, 0.2) is 29.3 Å². The summed E-state index contributed by atoms with van der Waals surface area (Å²) in [4.78, 5) is 25.5. The van der Waals surface area contributed by atoms with Crippen LogP contribution in [0.1, 0.15) is 47.1 Å². The van der Waals surface area contributed by atoms with Gasteiger partial charge in [-0.2, -0.15) is 0 Å². The second-order valence-corrected chi connectivity index (χ2v) is 8.30. The summed E-state index contributed by atoms with van der Waals surface area (Å²) >= 11 is 1.56. The number of benzene rings is 1. The number of hydrogen-bond donors (Lipinski definition) is 0. The van der Waals surface area contributed by atoms with Crippen LogP contribution >= 0.6 is 11.3 Å². The monoisotopic (exact) mass is 386 g/mol. The molecular weight excluding hydrogens is 364 g/mol. The van der Waals surface area contributed by atoms with E-state index >= 15 is 0 Å². The molecule has 0 saturated heterocycles. The summed E-state index contributed by atoms with van der Waals surface area (Å²) in [5.41, 5.74) is 1.70. The van der Waals surface area contributed by atoms with Crippen molar-refractivity contribution in [2.45, 2.75) is 40.2 Å². The number of carbonyl (C=O) groups excluding carboxylic acids is 2. The maximum atomic E-state index is 12.6. The molecular formula is C21H22O5S. The molecule has 1 aromatic carbocycles. The Morgan fingerprint density at radius 3 is 2.59 bits per heavy atom. The van der Waals surface area contributed by atoms with Crippen molar-refractivity contribution in [3.63, 3.8) is 0 Å². The van der Waals surface area contributed by atoms with E-state index in [0.29, 0.717) is 28.4 Å². The van der Waals surface area contributed by atoms with E-state index in [4.69, 9.17) is 14.2 Å². The van der Waals surface area contributed by atoms with Crippen LogP contribution in [0.25, 0.3) is 6.08 Å². The highest BCUT2D eigenvalue weighted by molar-refractivity contribution is 7.11. The second-order valence-electron chi connectivity index (χ2n) is 7.35. The van der Waals surface area contributed by atoms with Crippen LogP contribution in [-0.4, -0.2) is 24.0 Å². The molecule has 0 unspecified atom stereocenters. The fraction of sp³-hybridized carbons (Fsp3) is 0.333. The Kier molecular flexibility index (Phi) is 5.11. The highest BCUT2D eigenvalue weighted by Gasteiger charge is 2.30. The molecule has 2 heterocycles. The molecule has 0 N–H and O–H groups in total. The Balaban J connectivity index is 1.78. The molecule has 0 fully saturated rings. The summed E-state index contributed by atoms with van der Waals surface area (Å²) < 4.78 is 16.6. The Labute approximate surface area is 162 Å². The van der Waals surface area contributed by atoms with E-state index < -0.39 is 11.6 Å². The summed E-state index contributed by atoms with van der Waals surface area (Å²) in [6.45, 7) is 8.98. The predicted molar refractivity (Wildman–Crippen MR) is 105 cm³/mol. The van der Waals surface area contributed by atoms with Gasteiger partial charge in [-0.1, -0.05) is 0 Å². The number of fused-ring (bicyclic) bond motifs is 1. The van der Waals surface area contributed by atoms with Crippen molar-refractivity contribution in [3.8, 4) is 11.5 Å². The van der Waals surface area contributed by atoms with Crippen molar-refractivity contribution in [3.05, 3.63) is 50.9 Å². The molecule has 6 heteroatoms. The first-order valence-electron chi connectivity index (χ1n) is 8.62. The molecule has 1 aliphatic heterocycles. The molecule has 3 rings (SSSR count). The highest BCUT2D eigenvalue weighted by Crippen LogP contribution is 2.39. The smallest absolute Gasteiger partial charge is 0.344 e. The van der Waals surface area contributed by atoms with Crippen LogP contribution in [0.4, 0.5) is 0 Å². The summed E-state index contributed by atoms with van der Waals surface area (Å²) in [5, 5.41) is 1.97. The van der Waals surface area contributed by atoms with Gasteiger partial charge in [0.1, 0.15) is 17.1 Å². The maximum absolute atomic E-state index is 12.6. The Morgan fingerprint density at radius 2 is 1.96 bits per heavy atom. The molecule has 0 aliphatic carbocycles. The summed E-state index contributed by atoms with van der Waals surface area (Å²) in [6.07, 6.45) is 1.77. The van der Waals surface area contributed by atoms with E-state index in [1.54, 1.807) is 57.2 Å². The minimum absolute atomic E-state index is 0.153. The van der Waals surface area contributed by atoms with E-state index in [-0.39, 0.29) is 12.4 Å². The van der Waals surface area contributed by atoms with Crippen molar-refractivity contribution in [2.75, 3.05) is 6.61 Å². The average molecular weight is 386 g/mol. The lowest BCUT2D eigenvalue weighted by Gasteiger charge is -2.19. The van der Waals surface area contributed by atoms with Gasteiger partial charge in [-0.3, -0.25) is 4.79 Å². The van der Waals surface area contributed by atoms with Gasteiger partial charge in [-0.15, -0.1) is 11.3 Å². The number of esters is 1. The van der Waals surface area contributed by atoms with Gasteiger partial charge in [0.25, 0.3) is 0 Å². The standard InChI is InChI=1S/C21H22O5S/c1-12-8-9-27-17(12)10-16-19(23)14-6-7-15(13(2)20(14)25-16)24-11-18(22)26-21(3,4)5/h6-10H,11H2,1-5H3/b16-10-. The normalized spacial score (nSPS) is 14.9. The number of ether oxygens (including phenoxy) is 3. The Bertz CT molecular complexity index is 931. The first kappa shape index (κ1) is 19.2. The van der Waals surface area contributed by atoms with Crippen LogP contribution in [0.2, 0.25) is 0 Å². The van der Waals surface area contributed by atoms with E-state index in [1.165, 1.54) is 0 Å². The molecule has 27 heavy (non-hydrogen) atoms. The quantitative estimate of drug-likeness (QED) is 0.563. The number of thiophene rings is 1. The second kappa shape index (κ2) is 7.19. The van der Waals surface area contributed by atoms with E-state index in [9.17, 15) is 9.59 Å². The third kappa shape index (κ3) is 4.22. The van der Waals surface area contributed by atoms with Crippen LogP contribution in [-0.2, 0) is 9.53 Å². The van der Waals surface area contributed by atoms with E-state index in [0.717, 1.165) is 10.4 Å². The van der Waals surface area contributed by atoms with Gasteiger partial charge in [-0.25, -0.2) is 4.79 Å². The van der Waals surface area contributed by atoms with Gasteiger partial charge in [0.2, 0.25) is 5.78 Å². The third-order valence-electron chi connectivity index (χ3n) is 3.97. The lowest BCUT2D eigenvalue weighted by atomic mass is 10.1. The van der Waals surface area contributed by atoms with Gasteiger partial charge >= 0.3 is 5.97 Å². The molecule has 0 atom stereocenters. The maximum Gasteiger partial charge on any atom is 0.344 e. The zero-order chi connectivity index (χ0) is 19.8. The van der Waals surface area contributed by atoms with Crippen molar-refractivity contribution >= 4 is 29.2 Å². The number of aryl methyl sites for hydroxylation is 1. The minimum Gasteiger partial charge on any atom is -0.481 e.